The van der Waals surface area contributed by atoms with Gasteiger partial charge in [-0.05, 0) is 29.8 Å². The fourth-order valence-corrected chi connectivity index (χ4v) is 1.92. The summed E-state index contributed by atoms with van der Waals surface area (Å²) in [4.78, 5) is 11.8. The number of carbonyl (C=O) groups is 1. The van der Waals surface area contributed by atoms with Crippen LogP contribution in [0.25, 0.3) is 0 Å². The summed E-state index contributed by atoms with van der Waals surface area (Å²) >= 11 is 0. The van der Waals surface area contributed by atoms with Gasteiger partial charge in [-0.25, -0.2) is 0 Å². The molecule has 2 aromatic rings. The van der Waals surface area contributed by atoms with Crippen molar-refractivity contribution in [2.24, 2.45) is 0 Å². The van der Waals surface area contributed by atoms with Gasteiger partial charge in [-0.3, -0.25) is 4.79 Å². The predicted molar refractivity (Wildman–Crippen MR) is 86.3 cm³/mol. The summed E-state index contributed by atoms with van der Waals surface area (Å²) in [5.41, 5.74) is 1.87. The molecule has 0 saturated carbocycles. The highest BCUT2D eigenvalue weighted by molar-refractivity contribution is 5.80. The van der Waals surface area contributed by atoms with Gasteiger partial charge in [-0.1, -0.05) is 18.2 Å². The van der Waals surface area contributed by atoms with Gasteiger partial charge in [0.05, 0.1) is 20.8 Å². The third-order valence-corrected chi connectivity index (χ3v) is 3.17. The number of carbonyl (C=O) groups excluding carboxylic acids is 1. The van der Waals surface area contributed by atoms with Crippen molar-refractivity contribution in [1.82, 2.24) is 5.32 Å². The number of anilines is 1. The third-order valence-electron chi connectivity index (χ3n) is 3.17. The van der Waals surface area contributed by atoms with Crippen LogP contribution in [0.2, 0.25) is 0 Å². The fraction of sp³-hybridized carbons (Fsp3) is 0.235. The monoisotopic (exact) mass is 300 g/mol. The third kappa shape index (κ3) is 4.70. The molecular formula is C17H20N2O3. The quantitative estimate of drug-likeness (QED) is 0.824. The first-order valence-electron chi connectivity index (χ1n) is 6.99. The zero-order valence-corrected chi connectivity index (χ0v) is 12.8. The Bertz CT molecular complexity index is 612. The molecule has 22 heavy (non-hydrogen) atoms. The Kier molecular flexibility index (Phi) is 5.65. The first kappa shape index (κ1) is 15.7. The van der Waals surface area contributed by atoms with Gasteiger partial charge in [0.1, 0.15) is 11.5 Å². The van der Waals surface area contributed by atoms with Crippen LogP contribution in [0.1, 0.15) is 5.56 Å². The summed E-state index contributed by atoms with van der Waals surface area (Å²) in [6.07, 6.45) is 0. The molecule has 0 atom stereocenters. The van der Waals surface area contributed by atoms with Gasteiger partial charge in [0.2, 0.25) is 5.91 Å². The molecule has 0 aliphatic rings. The van der Waals surface area contributed by atoms with E-state index < -0.39 is 0 Å². The second-order valence-corrected chi connectivity index (χ2v) is 4.71. The minimum absolute atomic E-state index is 0.0707. The van der Waals surface area contributed by atoms with Crippen LogP contribution < -0.4 is 20.1 Å². The van der Waals surface area contributed by atoms with E-state index in [1.165, 1.54) is 0 Å². The van der Waals surface area contributed by atoms with Gasteiger partial charge in [-0.2, -0.15) is 0 Å². The largest absolute Gasteiger partial charge is 0.497 e. The highest BCUT2D eigenvalue weighted by Gasteiger charge is 2.02. The van der Waals surface area contributed by atoms with Crippen LogP contribution >= 0.6 is 0 Å². The van der Waals surface area contributed by atoms with E-state index in [1.807, 2.05) is 48.5 Å². The molecule has 2 aromatic carbocycles. The molecule has 0 bridgehead atoms. The summed E-state index contributed by atoms with van der Waals surface area (Å²) in [5, 5.41) is 5.92. The number of benzene rings is 2. The van der Waals surface area contributed by atoms with Crippen molar-refractivity contribution in [3.8, 4) is 11.5 Å². The minimum atomic E-state index is -0.0707. The van der Waals surface area contributed by atoms with Crippen LogP contribution in [0, 0.1) is 0 Å². The lowest BCUT2D eigenvalue weighted by atomic mass is 10.2. The van der Waals surface area contributed by atoms with Crippen LogP contribution in [-0.4, -0.2) is 26.7 Å². The highest BCUT2D eigenvalue weighted by Crippen LogP contribution is 2.16. The average Bonchev–Trinajstić information content (AvgIpc) is 2.58. The number of hydrogen-bond acceptors (Lipinski definition) is 4. The Balaban J connectivity index is 1.77. The van der Waals surface area contributed by atoms with E-state index in [4.69, 9.17) is 9.47 Å². The van der Waals surface area contributed by atoms with Crippen LogP contribution in [-0.2, 0) is 11.3 Å². The number of ether oxygens (including phenoxy) is 2. The minimum Gasteiger partial charge on any atom is -0.497 e. The molecule has 116 valence electrons. The lowest BCUT2D eigenvalue weighted by molar-refractivity contribution is -0.119. The molecule has 0 aromatic heterocycles. The van der Waals surface area contributed by atoms with Gasteiger partial charge in [0, 0.05) is 18.3 Å². The zero-order valence-electron chi connectivity index (χ0n) is 12.8. The van der Waals surface area contributed by atoms with Crippen molar-refractivity contribution in [3.05, 3.63) is 54.1 Å². The Hall–Kier alpha value is -2.69. The molecular weight excluding hydrogens is 280 g/mol. The molecule has 0 aliphatic heterocycles. The molecule has 5 heteroatoms. The normalized spacial score (nSPS) is 9.91. The smallest absolute Gasteiger partial charge is 0.239 e. The molecule has 0 unspecified atom stereocenters. The van der Waals surface area contributed by atoms with Crippen molar-refractivity contribution in [2.75, 3.05) is 26.1 Å². The van der Waals surface area contributed by atoms with Crippen molar-refractivity contribution in [1.29, 1.82) is 0 Å². The zero-order chi connectivity index (χ0) is 15.8. The van der Waals surface area contributed by atoms with E-state index in [0.29, 0.717) is 6.54 Å². The first-order chi connectivity index (χ1) is 10.7. The Morgan fingerprint density at radius 3 is 2.41 bits per heavy atom. The SMILES string of the molecule is COc1ccc(CNC(=O)CNc2cccc(OC)c2)cc1. The van der Waals surface area contributed by atoms with Crippen LogP contribution in [0.4, 0.5) is 5.69 Å². The van der Waals surface area contributed by atoms with E-state index >= 15 is 0 Å². The molecule has 2 N–H and O–H groups in total. The van der Waals surface area contributed by atoms with Gasteiger partial charge in [0.25, 0.3) is 0 Å². The molecule has 0 radical (unpaired) electrons. The number of nitrogens with one attached hydrogen (secondary N) is 2. The Morgan fingerprint density at radius 1 is 1.00 bits per heavy atom. The topological polar surface area (TPSA) is 59.6 Å². The molecule has 0 aliphatic carbocycles. The highest BCUT2D eigenvalue weighted by atomic mass is 16.5. The predicted octanol–water partition coefficient (Wildman–Crippen LogP) is 2.43. The molecule has 0 heterocycles. The molecule has 0 saturated heterocycles. The van der Waals surface area contributed by atoms with Gasteiger partial charge < -0.3 is 20.1 Å². The summed E-state index contributed by atoms with van der Waals surface area (Å²) < 4.78 is 10.2. The standard InChI is InChI=1S/C17H20N2O3/c1-21-15-8-6-13(7-9-15)11-19-17(20)12-18-14-4-3-5-16(10-14)22-2/h3-10,18H,11-12H2,1-2H3,(H,19,20). The first-order valence-corrected chi connectivity index (χ1v) is 6.99. The molecule has 5 nitrogen and oxygen atoms in total. The molecule has 0 fully saturated rings. The van der Waals surface area contributed by atoms with E-state index in [2.05, 4.69) is 10.6 Å². The molecule has 0 spiro atoms. The van der Waals surface area contributed by atoms with Crippen molar-refractivity contribution in [2.45, 2.75) is 6.54 Å². The second kappa shape index (κ2) is 7.93. The van der Waals surface area contributed by atoms with Gasteiger partial charge in [-0.15, -0.1) is 0 Å². The van der Waals surface area contributed by atoms with E-state index in [1.54, 1.807) is 14.2 Å². The number of hydrogen-bond donors (Lipinski definition) is 2. The molecule has 2 rings (SSSR count). The van der Waals surface area contributed by atoms with Gasteiger partial charge >= 0.3 is 0 Å². The summed E-state index contributed by atoms with van der Waals surface area (Å²) in [6, 6.07) is 15.1. The van der Waals surface area contributed by atoms with Crippen LogP contribution in [0.15, 0.2) is 48.5 Å². The number of amides is 1. The maximum Gasteiger partial charge on any atom is 0.239 e. The fourth-order valence-electron chi connectivity index (χ4n) is 1.92. The van der Waals surface area contributed by atoms with Crippen molar-refractivity contribution >= 4 is 11.6 Å². The lowest BCUT2D eigenvalue weighted by Gasteiger charge is -2.09. The summed E-state index contributed by atoms with van der Waals surface area (Å²) in [5.74, 6) is 1.48. The Labute approximate surface area is 130 Å². The molecule has 1 amide bonds. The van der Waals surface area contributed by atoms with E-state index in [0.717, 1.165) is 22.7 Å². The number of methoxy groups -OCH3 is 2. The maximum absolute atomic E-state index is 11.8. The lowest BCUT2D eigenvalue weighted by Crippen LogP contribution is -2.29. The van der Waals surface area contributed by atoms with Crippen molar-refractivity contribution < 1.29 is 14.3 Å². The van der Waals surface area contributed by atoms with Crippen LogP contribution in [0.5, 0.6) is 11.5 Å². The van der Waals surface area contributed by atoms with Crippen LogP contribution in [0.3, 0.4) is 0 Å². The van der Waals surface area contributed by atoms with E-state index in [-0.39, 0.29) is 12.5 Å². The second-order valence-electron chi connectivity index (χ2n) is 4.71. The summed E-state index contributed by atoms with van der Waals surface area (Å²) in [7, 11) is 3.24. The van der Waals surface area contributed by atoms with Crippen molar-refractivity contribution in [3.63, 3.8) is 0 Å². The summed E-state index contributed by atoms with van der Waals surface area (Å²) in [6.45, 7) is 0.700. The Morgan fingerprint density at radius 2 is 1.73 bits per heavy atom. The van der Waals surface area contributed by atoms with E-state index in [9.17, 15) is 4.79 Å². The maximum atomic E-state index is 11.8. The average molecular weight is 300 g/mol. The van der Waals surface area contributed by atoms with Gasteiger partial charge in [0.15, 0.2) is 0 Å². The number of rotatable bonds is 7.